The predicted molar refractivity (Wildman–Crippen MR) is 82.4 cm³/mol. The molecular weight excluding hydrogens is 286 g/mol. The average molecular weight is 307 g/mol. The van der Waals surface area contributed by atoms with Crippen molar-refractivity contribution in [2.75, 3.05) is 14.2 Å². The van der Waals surface area contributed by atoms with Crippen LogP contribution in [-0.4, -0.2) is 34.8 Å². The Labute approximate surface area is 128 Å². The van der Waals surface area contributed by atoms with E-state index in [4.69, 9.17) is 15.2 Å². The van der Waals surface area contributed by atoms with Gasteiger partial charge in [-0.1, -0.05) is 6.92 Å². The highest BCUT2D eigenvalue weighted by atomic mass is 16.5. The molecule has 2 unspecified atom stereocenters. The number of benzene rings is 1. The van der Waals surface area contributed by atoms with Gasteiger partial charge in [0.15, 0.2) is 11.5 Å². The first-order chi connectivity index (χ1) is 10.4. The van der Waals surface area contributed by atoms with Crippen molar-refractivity contribution in [2.24, 2.45) is 5.73 Å². The fourth-order valence-electron chi connectivity index (χ4n) is 2.56. The number of nitrogens with two attached hydrogens (primary N) is 1. The standard InChI is InChI=1S/C15H21N3O4/c1-5-10(15(19)20)18-11-7-13(22-4)12(21-3)6-9(11)17-14(18)8(2)16/h6-8,10H,5,16H2,1-4H3,(H,19,20). The van der Waals surface area contributed by atoms with Crippen molar-refractivity contribution in [1.82, 2.24) is 9.55 Å². The molecule has 0 radical (unpaired) electrons. The number of carboxylic acid groups (broad SMARTS) is 1. The highest BCUT2D eigenvalue weighted by Gasteiger charge is 2.26. The van der Waals surface area contributed by atoms with E-state index in [2.05, 4.69) is 4.98 Å². The van der Waals surface area contributed by atoms with E-state index in [-0.39, 0.29) is 0 Å². The zero-order chi connectivity index (χ0) is 16.4. The lowest BCUT2D eigenvalue weighted by molar-refractivity contribution is -0.140. The summed E-state index contributed by atoms with van der Waals surface area (Å²) in [6.07, 6.45) is 0.425. The van der Waals surface area contributed by atoms with Crippen LogP contribution in [0.1, 0.15) is 38.2 Å². The summed E-state index contributed by atoms with van der Waals surface area (Å²) in [7, 11) is 3.07. The van der Waals surface area contributed by atoms with Crippen LogP contribution in [-0.2, 0) is 4.79 Å². The van der Waals surface area contributed by atoms with E-state index in [1.807, 2.05) is 6.92 Å². The molecule has 0 amide bonds. The summed E-state index contributed by atoms with van der Waals surface area (Å²) in [5.41, 5.74) is 7.27. The maximum Gasteiger partial charge on any atom is 0.326 e. The molecule has 0 aliphatic heterocycles. The molecule has 1 heterocycles. The van der Waals surface area contributed by atoms with Crippen LogP contribution in [0.3, 0.4) is 0 Å². The van der Waals surface area contributed by atoms with Gasteiger partial charge in [0.05, 0.1) is 31.3 Å². The topological polar surface area (TPSA) is 99.6 Å². The van der Waals surface area contributed by atoms with Gasteiger partial charge in [0.25, 0.3) is 0 Å². The van der Waals surface area contributed by atoms with Crippen LogP contribution in [0.4, 0.5) is 0 Å². The third-order valence-corrected chi connectivity index (χ3v) is 3.61. The number of ether oxygens (including phenoxy) is 2. The lowest BCUT2D eigenvalue weighted by atomic mass is 10.2. The van der Waals surface area contributed by atoms with Gasteiger partial charge in [0.1, 0.15) is 11.9 Å². The lowest BCUT2D eigenvalue weighted by Gasteiger charge is -2.18. The SMILES string of the molecule is CCC(C(=O)O)n1c(C(C)N)nc2cc(OC)c(OC)cc21. The normalized spacial score (nSPS) is 13.9. The molecule has 2 rings (SSSR count). The smallest absolute Gasteiger partial charge is 0.326 e. The molecule has 2 aromatic rings. The highest BCUT2D eigenvalue weighted by molar-refractivity contribution is 5.83. The number of aliphatic carboxylic acids is 1. The number of imidazole rings is 1. The Morgan fingerprint density at radius 1 is 1.36 bits per heavy atom. The Morgan fingerprint density at radius 2 is 1.95 bits per heavy atom. The zero-order valence-electron chi connectivity index (χ0n) is 13.2. The van der Waals surface area contributed by atoms with Crippen molar-refractivity contribution < 1.29 is 19.4 Å². The van der Waals surface area contributed by atoms with E-state index in [0.717, 1.165) is 0 Å². The first-order valence-electron chi connectivity index (χ1n) is 7.06. The third kappa shape index (κ3) is 2.59. The van der Waals surface area contributed by atoms with Gasteiger partial charge in [-0.05, 0) is 13.3 Å². The van der Waals surface area contributed by atoms with Crippen molar-refractivity contribution in [3.8, 4) is 11.5 Å². The second-order valence-electron chi connectivity index (χ2n) is 5.09. The molecule has 3 N–H and O–H groups in total. The van der Waals surface area contributed by atoms with Crippen LogP contribution < -0.4 is 15.2 Å². The molecule has 0 aliphatic carbocycles. The number of rotatable bonds is 6. The maximum atomic E-state index is 11.6. The molecule has 0 saturated heterocycles. The fourth-order valence-corrected chi connectivity index (χ4v) is 2.56. The van der Waals surface area contributed by atoms with E-state index in [9.17, 15) is 9.90 Å². The van der Waals surface area contributed by atoms with E-state index in [1.54, 1.807) is 30.7 Å². The summed E-state index contributed by atoms with van der Waals surface area (Å²) in [5, 5.41) is 9.49. The molecule has 7 heteroatoms. The molecule has 120 valence electrons. The molecular formula is C15H21N3O4. The summed E-state index contributed by atoms with van der Waals surface area (Å²) in [6, 6.07) is 2.34. The number of nitrogens with zero attached hydrogens (tertiary/aromatic N) is 2. The zero-order valence-corrected chi connectivity index (χ0v) is 13.2. The molecule has 0 bridgehead atoms. The van der Waals surface area contributed by atoms with Crippen LogP contribution >= 0.6 is 0 Å². The van der Waals surface area contributed by atoms with Gasteiger partial charge in [-0.15, -0.1) is 0 Å². The molecule has 2 atom stereocenters. The number of carbonyl (C=O) groups is 1. The van der Waals surface area contributed by atoms with Crippen molar-refractivity contribution >= 4 is 17.0 Å². The molecule has 0 spiro atoms. The Hall–Kier alpha value is -2.28. The summed E-state index contributed by atoms with van der Waals surface area (Å²) < 4.78 is 12.2. The molecule has 22 heavy (non-hydrogen) atoms. The minimum absolute atomic E-state index is 0.391. The average Bonchev–Trinajstić information content (AvgIpc) is 2.85. The van der Waals surface area contributed by atoms with Gasteiger partial charge in [-0.2, -0.15) is 0 Å². The van der Waals surface area contributed by atoms with Crippen molar-refractivity contribution in [3.05, 3.63) is 18.0 Å². The van der Waals surface area contributed by atoms with E-state index in [1.165, 1.54) is 7.11 Å². The van der Waals surface area contributed by atoms with Crippen molar-refractivity contribution in [2.45, 2.75) is 32.4 Å². The van der Waals surface area contributed by atoms with E-state index >= 15 is 0 Å². The monoisotopic (exact) mass is 307 g/mol. The lowest BCUT2D eigenvalue weighted by Crippen LogP contribution is -2.23. The molecule has 0 aliphatic rings. The molecule has 1 aromatic heterocycles. The number of methoxy groups -OCH3 is 2. The first kappa shape index (κ1) is 16.1. The summed E-state index contributed by atoms with van der Waals surface area (Å²) in [6.45, 7) is 3.59. The summed E-state index contributed by atoms with van der Waals surface area (Å²) in [5.74, 6) is 0.671. The number of aromatic nitrogens is 2. The molecule has 0 saturated carbocycles. The second-order valence-corrected chi connectivity index (χ2v) is 5.09. The summed E-state index contributed by atoms with van der Waals surface area (Å²) in [4.78, 5) is 16.1. The van der Waals surface area contributed by atoms with Gasteiger partial charge in [-0.25, -0.2) is 9.78 Å². The molecule has 0 fully saturated rings. The molecule has 1 aromatic carbocycles. The van der Waals surface area contributed by atoms with Gasteiger partial charge in [0.2, 0.25) is 0 Å². The van der Waals surface area contributed by atoms with Crippen molar-refractivity contribution in [1.29, 1.82) is 0 Å². The minimum atomic E-state index is -0.918. The Morgan fingerprint density at radius 3 is 2.41 bits per heavy atom. The van der Waals surface area contributed by atoms with Gasteiger partial charge in [-0.3, -0.25) is 0 Å². The largest absolute Gasteiger partial charge is 0.493 e. The highest BCUT2D eigenvalue weighted by Crippen LogP contribution is 2.35. The van der Waals surface area contributed by atoms with Crippen LogP contribution in [0.15, 0.2) is 12.1 Å². The van der Waals surface area contributed by atoms with Gasteiger partial charge < -0.3 is 24.9 Å². The number of hydrogen-bond donors (Lipinski definition) is 2. The first-order valence-corrected chi connectivity index (χ1v) is 7.06. The van der Waals surface area contributed by atoms with Gasteiger partial charge in [0, 0.05) is 12.1 Å². The van der Waals surface area contributed by atoms with E-state index < -0.39 is 18.1 Å². The predicted octanol–water partition coefficient (Wildman–Crippen LogP) is 2.11. The minimum Gasteiger partial charge on any atom is -0.493 e. The number of fused-ring (bicyclic) bond motifs is 1. The van der Waals surface area contributed by atoms with Crippen LogP contribution in [0, 0.1) is 0 Å². The quantitative estimate of drug-likeness (QED) is 0.848. The van der Waals surface area contributed by atoms with Crippen molar-refractivity contribution in [3.63, 3.8) is 0 Å². The van der Waals surface area contributed by atoms with Crippen LogP contribution in [0.5, 0.6) is 11.5 Å². The van der Waals surface area contributed by atoms with Crippen LogP contribution in [0.2, 0.25) is 0 Å². The Kier molecular flexibility index (Phi) is 4.56. The fraction of sp³-hybridized carbons (Fsp3) is 0.467. The summed E-state index contributed by atoms with van der Waals surface area (Å²) >= 11 is 0. The second kappa shape index (κ2) is 6.23. The van der Waals surface area contributed by atoms with Gasteiger partial charge >= 0.3 is 5.97 Å². The number of hydrogen-bond acceptors (Lipinski definition) is 5. The third-order valence-electron chi connectivity index (χ3n) is 3.61. The molecule has 7 nitrogen and oxygen atoms in total. The number of carboxylic acids is 1. The van der Waals surface area contributed by atoms with Crippen LogP contribution in [0.25, 0.3) is 11.0 Å². The maximum absolute atomic E-state index is 11.6. The van der Waals surface area contributed by atoms with E-state index in [0.29, 0.717) is 34.8 Å². The Bertz CT molecular complexity index is 694. The Balaban J connectivity index is 2.80.